The van der Waals surface area contributed by atoms with Gasteiger partial charge in [-0.15, -0.1) is 11.3 Å². The van der Waals surface area contributed by atoms with Crippen LogP contribution < -0.4 is 19.5 Å². The van der Waals surface area contributed by atoms with Gasteiger partial charge in [0.25, 0.3) is 0 Å². The second kappa shape index (κ2) is 9.82. The van der Waals surface area contributed by atoms with E-state index in [0.29, 0.717) is 0 Å². The quantitative estimate of drug-likeness (QED) is 0.275. The number of methoxy groups -OCH3 is 1. The molecule has 2 nitrogen and oxygen atoms in total. The monoisotopic (exact) mass is 470 g/mol. The van der Waals surface area contributed by atoms with E-state index in [2.05, 4.69) is 117 Å². The van der Waals surface area contributed by atoms with Crippen LogP contribution in [0.15, 0.2) is 96.4 Å². The molecule has 0 spiro atoms. The van der Waals surface area contributed by atoms with Gasteiger partial charge in [-0.05, 0) is 50.6 Å². The van der Waals surface area contributed by atoms with Crippen LogP contribution in [0.3, 0.4) is 0 Å². The van der Waals surface area contributed by atoms with E-state index in [1.807, 2.05) is 12.1 Å². The van der Waals surface area contributed by atoms with Gasteiger partial charge in [0, 0.05) is 10.9 Å². The molecule has 4 rings (SSSR count). The topological polar surface area (TPSA) is 18.5 Å². The SMILES string of the molecule is COc1cc(/C=C/c2cccs2)cc(O[Si](c2ccccc2)(c2ccccc2)C(C)(C)C)c1. The fourth-order valence-electron chi connectivity index (χ4n) is 4.26. The number of benzene rings is 3. The van der Waals surface area contributed by atoms with E-state index >= 15 is 0 Å². The van der Waals surface area contributed by atoms with E-state index in [9.17, 15) is 0 Å². The molecule has 0 aliphatic heterocycles. The highest BCUT2D eigenvalue weighted by molar-refractivity contribution is 7.10. The molecule has 168 valence electrons. The summed E-state index contributed by atoms with van der Waals surface area (Å²) in [6.45, 7) is 6.87. The molecule has 0 aliphatic carbocycles. The van der Waals surface area contributed by atoms with Gasteiger partial charge in [0.2, 0.25) is 0 Å². The van der Waals surface area contributed by atoms with Gasteiger partial charge in [0.15, 0.2) is 0 Å². The van der Waals surface area contributed by atoms with Crippen molar-refractivity contribution < 1.29 is 9.16 Å². The summed E-state index contributed by atoms with van der Waals surface area (Å²) in [4.78, 5) is 1.22. The molecule has 0 unspecified atom stereocenters. The third-order valence-electron chi connectivity index (χ3n) is 5.81. The second-order valence-corrected chi connectivity index (χ2v) is 14.3. The zero-order chi connectivity index (χ0) is 23.3. The highest BCUT2D eigenvalue weighted by atomic mass is 32.1. The van der Waals surface area contributed by atoms with Gasteiger partial charge < -0.3 is 9.16 Å². The van der Waals surface area contributed by atoms with Crippen molar-refractivity contribution in [3.63, 3.8) is 0 Å². The lowest BCUT2D eigenvalue weighted by atomic mass is 10.2. The molecular weight excluding hydrogens is 440 g/mol. The summed E-state index contributed by atoms with van der Waals surface area (Å²) < 4.78 is 12.8. The van der Waals surface area contributed by atoms with Crippen LogP contribution in [0, 0.1) is 0 Å². The third kappa shape index (κ3) is 4.97. The van der Waals surface area contributed by atoms with Crippen LogP contribution in [0.5, 0.6) is 11.5 Å². The van der Waals surface area contributed by atoms with Crippen LogP contribution in [-0.4, -0.2) is 15.4 Å². The highest BCUT2D eigenvalue weighted by Crippen LogP contribution is 2.38. The molecular formula is C29H30O2SSi. The first-order chi connectivity index (χ1) is 15.9. The number of ether oxygens (including phenoxy) is 1. The predicted octanol–water partition coefficient (Wildman–Crippen LogP) is 6.87. The van der Waals surface area contributed by atoms with Crippen LogP contribution in [0.1, 0.15) is 31.2 Å². The largest absolute Gasteiger partial charge is 0.534 e. The molecule has 1 heterocycles. The summed E-state index contributed by atoms with van der Waals surface area (Å²) >= 11 is 1.72. The Bertz CT molecular complexity index is 1150. The molecule has 0 N–H and O–H groups in total. The number of hydrogen-bond donors (Lipinski definition) is 0. The van der Waals surface area contributed by atoms with Gasteiger partial charge in [0.1, 0.15) is 11.5 Å². The first-order valence-electron chi connectivity index (χ1n) is 11.1. The Morgan fingerprint density at radius 1 is 0.727 bits per heavy atom. The maximum atomic E-state index is 7.19. The van der Waals surface area contributed by atoms with Gasteiger partial charge in [-0.1, -0.05) is 93.6 Å². The van der Waals surface area contributed by atoms with Crippen molar-refractivity contribution in [1.82, 2.24) is 0 Å². The highest BCUT2D eigenvalue weighted by Gasteiger charge is 2.52. The Kier molecular flexibility index (Phi) is 6.87. The lowest BCUT2D eigenvalue weighted by molar-refractivity contribution is 0.411. The number of rotatable bonds is 7. The van der Waals surface area contributed by atoms with Crippen LogP contribution in [0.25, 0.3) is 12.2 Å². The Balaban J connectivity index is 1.85. The van der Waals surface area contributed by atoms with Gasteiger partial charge in [-0.3, -0.25) is 0 Å². The Hall–Kier alpha value is -3.08. The number of thiophene rings is 1. The molecule has 0 aliphatic rings. The predicted molar refractivity (Wildman–Crippen MR) is 144 cm³/mol. The normalized spacial score (nSPS) is 12.1. The Morgan fingerprint density at radius 3 is 1.85 bits per heavy atom. The average molecular weight is 471 g/mol. The lowest BCUT2D eigenvalue weighted by Crippen LogP contribution is -2.68. The van der Waals surface area contributed by atoms with Crippen LogP contribution in [0.2, 0.25) is 5.04 Å². The average Bonchev–Trinajstić information content (AvgIpc) is 3.35. The molecule has 0 atom stereocenters. The standard InChI is InChI=1S/C29H30O2SSi/c1-29(2,3)33(27-13-7-5-8-14-27,28-15-9-6-10-16-28)31-25-21-23(20-24(22-25)30-4)17-18-26-12-11-19-32-26/h5-22H,1-4H3/b18-17+. The second-order valence-electron chi connectivity index (χ2n) is 9.06. The minimum atomic E-state index is -2.70. The first-order valence-corrected chi connectivity index (χ1v) is 13.9. The molecule has 0 saturated carbocycles. The van der Waals surface area contributed by atoms with Crippen LogP contribution in [-0.2, 0) is 0 Å². The molecule has 0 saturated heterocycles. The smallest absolute Gasteiger partial charge is 0.319 e. The maximum absolute atomic E-state index is 7.19. The molecule has 33 heavy (non-hydrogen) atoms. The van der Waals surface area contributed by atoms with Crippen molar-refractivity contribution in [2.45, 2.75) is 25.8 Å². The van der Waals surface area contributed by atoms with E-state index in [1.54, 1.807) is 18.4 Å². The molecule has 4 heteroatoms. The van der Waals surface area contributed by atoms with Gasteiger partial charge in [-0.25, -0.2) is 0 Å². The summed E-state index contributed by atoms with van der Waals surface area (Å²) in [6, 6.07) is 31.7. The van der Waals surface area contributed by atoms with Gasteiger partial charge >= 0.3 is 8.32 Å². The van der Waals surface area contributed by atoms with Gasteiger partial charge in [0.05, 0.1) is 7.11 Å². The molecule has 3 aromatic carbocycles. The Labute approximate surface area is 202 Å². The molecule has 0 amide bonds. The van der Waals surface area contributed by atoms with Crippen molar-refractivity contribution in [3.05, 3.63) is 107 Å². The molecule has 1 aromatic heterocycles. The fourth-order valence-corrected chi connectivity index (χ4v) is 9.28. The Morgan fingerprint density at radius 2 is 1.33 bits per heavy atom. The first kappa shape index (κ1) is 23.1. The van der Waals surface area contributed by atoms with Crippen molar-refractivity contribution >= 4 is 42.2 Å². The molecule has 4 aromatic rings. The summed E-state index contributed by atoms with van der Waals surface area (Å²) in [5.41, 5.74) is 1.05. The van der Waals surface area contributed by atoms with E-state index in [0.717, 1.165) is 17.1 Å². The fraction of sp³-hybridized carbons (Fsp3) is 0.172. The summed E-state index contributed by atoms with van der Waals surface area (Å²) in [5, 5.41) is 4.48. The van der Waals surface area contributed by atoms with Crippen LogP contribution in [0.4, 0.5) is 0 Å². The molecule has 0 fully saturated rings. The lowest BCUT2D eigenvalue weighted by Gasteiger charge is -2.43. The third-order valence-corrected chi connectivity index (χ3v) is 11.6. The van der Waals surface area contributed by atoms with Crippen LogP contribution >= 0.6 is 11.3 Å². The van der Waals surface area contributed by atoms with Gasteiger partial charge in [-0.2, -0.15) is 0 Å². The summed E-state index contributed by atoms with van der Waals surface area (Å²) in [6.07, 6.45) is 4.25. The van der Waals surface area contributed by atoms with E-state index in [1.165, 1.54) is 15.3 Å². The minimum Gasteiger partial charge on any atom is -0.534 e. The van der Waals surface area contributed by atoms with E-state index in [4.69, 9.17) is 9.16 Å². The zero-order valence-corrected chi connectivity index (χ0v) is 21.4. The summed E-state index contributed by atoms with van der Waals surface area (Å²) in [5.74, 6) is 1.62. The van der Waals surface area contributed by atoms with E-state index in [-0.39, 0.29) is 5.04 Å². The maximum Gasteiger partial charge on any atom is 0.319 e. The minimum absolute atomic E-state index is 0.105. The molecule has 0 radical (unpaired) electrons. The van der Waals surface area contributed by atoms with Crippen molar-refractivity contribution in [2.24, 2.45) is 0 Å². The van der Waals surface area contributed by atoms with Crippen molar-refractivity contribution in [1.29, 1.82) is 0 Å². The summed E-state index contributed by atoms with van der Waals surface area (Å²) in [7, 11) is -0.999. The van der Waals surface area contributed by atoms with Crippen molar-refractivity contribution in [3.8, 4) is 11.5 Å². The van der Waals surface area contributed by atoms with Crippen molar-refractivity contribution in [2.75, 3.05) is 7.11 Å². The van der Waals surface area contributed by atoms with E-state index < -0.39 is 8.32 Å². The number of hydrogen-bond acceptors (Lipinski definition) is 3. The molecule has 0 bridgehead atoms. The zero-order valence-electron chi connectivity index (χ0n) is 19.6.